The van der Waals surface area contributed by atoms with Gasteiger partial charge in [-0.3, -0.25) is 0 Å². The lowest BCUT2D eigenvalue weighted by Gasteiger charge is -1.88. The number of rotatable bonds is 0. The van der Waals surface area contributed by atoms with Crippen LogP contribution in [-0.4, -0.2) is 19.9 Å². The Morgan fingerprint density at radius 3 is 3.20 bits per heavy atom. The molecular weight excluding hydrogens is 130 g/mol. The van der Waals surface area contributed by atoms with E-state index in [1.54, 1.807) is 0 Å². The van der Waals surface area contributed by atoms with Crippen LogP contribution >= 0.6 is 0 Å². The Labute approximate surface area is 57.8 Å². The van der Waals surface area contributed by atoms with Crippen LogP contribution in [0.5, 0.6) is 0 Å². The number of H-pyrrole nitrogens is 1. The number of fused-ring (bicyclic) bond motifs is 1. The van der Waals surface area contributed by atoms with E-state index in [1.165, 1.54) is 12.7 Å². The van der Waals surface area contributed by atoms with E-state index >= 15 is 0 Å². The van der Waals surface area contributed by atoms with Crippen LogP contribution in [0.4, 0.5) is 5.82 Å². The largest absolute Gasteiger partial charge is 0.382 e. The lowest BCUT2D eigenvalue weighted by Crippen LogP contribution is -1.91. The van der Waals surface area contributed by atoms with Crippen LogP contribution in [-0.2, 0) is 0 Å². The van der Waals surface area contributed by atoms with E-state index in [2.05, 4.69) is 15.0 Å². The van der Waals surface area contributed by atoms with Crippen LogP contribution in [0.3, 0.4) is 0 Å². The molecule has 0 aromatic carbocycles. The normalized spacial score (nSPS) is 11.8. The van der Waals surface area contributed by atoms with Crippen LogP contribution in [0.2, 0.25) is 1.41 Å². The van der Waals surface area contributed by atoms with E-state index < -0.39 is 0 Å². The maximum atomic E-state index is 7.25. The molecule has 3 N–H and O–H groups in total. The number of nitrogen functional groups attached to an aromatic ring is 1. The molecule has 0 bridgehead atoms. The second-order valence-corrected chi connectivity index (χ2v) is 1.80. The topological polar surface area (TPSA) is 80.5 Å². The maximum Gasteiger partial charge on any atom is 0.169 e. The monoisotopic (exact) mass is 136 g/mol. The molecule has 2 aromatic rings. The van der Waals surface area contributed by atoms with Gasteiger partial charge in [0.2, 0.25) is 0 Å². The SMILES string of the molecule is [2H]n1cnc2c(N)ncnc21. The molecule has 0 aliphatic heterocycles. The molecule has 0 radical (unpaired) electrons. The highest BCUT2D eigenvalue weighted by molar-refractivity contribution is 5.80. The van der Waals surface area contributed by atoms with Gasteiger partial charge in [0, 0.05) is 0 Å². The smallest absolute Gasteiger partial charge is 0.169 e. The van der Waals surface area contributed by atoms with Crippen molar-refractivity contribution in [3.63, 3.8) is 0 Å². The second-order valence-electron chi connectivity index (χ2n) is 1.80. The van der Waals surface area contributed by atoms with Gasteiger partial charge in [0.1, 0.15) is 11.8 Å². The van der Waals surface area contributed by atoms with Crippen LogP contribution in [0, 0.1) is 0 Å². The number of hydrogen-bond donors (Lipinski definition) is 2. The van der Waals surface area contributed by atoms with E-state index in [1.807, 2.05) is 0 Å². The Morgan fingerprint density at radius 1 is 1.50 bits per heavy atom. The van der Waals surface area contributed by atoms with E-state index in [4.69, 9.17) is 7.15 Å². The van der Waals surface area contributed by atoms with Gasteiger partial charge in [-0.15, -0.1) is 0 Å². The number of nitrogens with two attached hydrogens (primary N) is 1. The molecule has 2 aromatic heterocycles. The highest BCUT2D eigenvalue weighted by Gasteiger charge is 1.99. The zero-order valence-corrected chi connectivity index (χ0v) is 5.02. The van der Waals surface area contributed by atoms with Crippen molar-refractivity contribution in [1.29, 1.82) is 0 Å². The Balaban J connectivity index is 2.94. The summed E-state index contributed by atoms with van der Waals surface area (Å²) in [5, 5.41) is 0. The molecular formula is C5H5N5. The minimum atomic E-state index is 0.306. The molecule has 10 heavy (non-hydrogen) atoms. The summed E-state index contributed by atoms with van der Waals surface area (Å²) in [5.41, 5.74) is 6.36. The predicted octanol–water partition coefficient (Wildman–Crippen LogP) is -0.0649. The number of aromatic amines is 1. The first-order valence-corrected chi connectivity index (χ1v) is 2.72. The lowest BCUT2D eigenvalue weighted by atomic mass is 10.5. The summed E-state index contributed by atoms with van der Waals surface area (Å²) in [6, 6.07) is 0. The van der Waals surface area contributed by atoms with Crippen molar-refractivity contribution in [3.8, 4) is 0 Å². The zero-order valence-electron chi connectivity index (χ0n) is 6.02. The Kier molecular flexibility index (Phi) is 0.700. The minimum absolute atomic E-state index is 0.306. The van der Waals surface area contributed by atoms with E-state index in [9.17, 15) is 0 Å². The summed E-state index contributed by atoms with van der Waals surface area (Å²) >= 11 is 0. The third-order valence-corrected chi connectivity index (χ3v) is 1.20. The molecule has 0 atom stereocenters. The number of nitrogens with one attached hydrogen (secondary N) is 1. The van der Waals surface area contributed by atoms with Gasteiger partial charge in [-0.2, -0.15) is 0 Å². The number of anilines is 1. The molecule has 50 valence electrons. The first-order chi connectivity index (χ1) is 5.29. The molecule has 0 saturated carbocycles. The van der Waals surface area contributed by atoms with Crippen LogP contribution in [0.25, 0.3) is 11.2 Å². The molecule has 0 aliphatic rings. The van der Waals surface area contributed by atoms with Crippen molar-refractivity contribution in [2.45, 2.75) is 0 Å². The Hall–Kier alpha value is -1.65. The van der Waals surface area contributed by atoms with Gasteiger partial charge >= 0.3 is 0 Å². The van der Waals surface area contributed by atoms with Gasteiger partial charge < -0.3 is 10.7 Å². The summed E-state index contributed by atoms with van der Waals surface area (Å²) in [4.78, 5) is 12.4. The fourth-order valence-electron chi connectivity index (χ4n) is 0.742. The number of hydrogen-bond acceptors (Lipinski definition) is 4. The Bertz CT molecular complexity index is 395. The molecule has 2 heterocycles. The number of nitrogens with zero attached hydrogens (tertiary/aromatic N) is 3. The third-order valence-electron chi connectivity index (χ3n) is 1.20. The van der Waals surface area contributed by atoms with E-state index in [0.717, 1.165) is 4.98 Å². The average Bonchev–Trinajstić information content (AvgIpc) is 2.35. The van der Waals surface area contributed by atoms with Crippen molar-refractivity contribution in [2.75, 3.05) is 5.73 Å². The number of imidazole rings is 1. The fourth-order valence-corrected chi connectivity index (χ4v) is 0.742. The Morgan fingerprint density at radius 2 is 2.40 bits per heavy atom. The van der Waals surface area contributed by atoms with Crippen molar-refractivity contribution in [3.05, 3.63) is 12.7 Å². The lowest BCUT2D eigenvalue weighted by molar-refractivity contribution is 1.21. The third kappa shape index (κ3) is 0.540. The van der Waals surface area contributed by atoms with Gasteiger partial charge in [-0.1, -0.05) is 0 Å². The predicted molar refractivity (Wildman–Crippen MR) is 36.1 cm³/mol. The van der Waals surface area contributed by atoms with E-state index in [-0.39, 0.29) is 0 Å². The molecule has 0 unspecified atom stereocenters. The minimum Gasteiger partial charge on any atom is -0.382 e. The molecule has 0 amide bonds. The van der Waals surface area contributed by atoms with Gasteiger partial charge in [-0.25, -0.2) is 15.0 Å². The van der Waals surface area contributed by atoms with Crippen LogP contribution in [0.1, 0.15) is 0 Å². The molecule has 0 aliphatic carbocycles. The second kappa shape index (κ2) is 1.66. The average molecular weight is 136 g/mol. The van der Waals surface area contributed by atoms with Gasteiger partial charge in [0.25, 0.3) is 0 Å². The summed E-state index contributed by atoms with van der Waals surface area (Å²) in [6.07, 6.45) is 2.64. The highest BCUT2D eigenvalue weighted by atomic mass is 15.0. The summed E-state index contributed by atoms with van der Waals surface area (Å²) < 4.78 is 7.25. The first kappa shape index (κ1) is 4.21. The van der Waals surface area contributed by atoms with Gasteiger partial charge in [0.05, 0.1) is 6.33 Å². The molecule has 0 saturated heterocycles. The fraction of sp³-hybridized carbons (Fsp3) is 0. The summed E-state index contributed by atoms with van der Waals surface area (Å²) in [5.74, 6) is 0.306. The van der Waals surface area contributed by atoms with Crippen molar-refractivity contribution >= 4 is 17.0 Å². The van der Waals surface area contributed by atoms with Gasteiger partial charge in [0.15, 0.2) is 12.9 Å². The van der Waals surface area contributed by atoms with Crippen molar-refractivity contribution < 1.29 is 1.41 Å². The summed E-state index contributed by atoms with van der Waals surface area (Å²) in [7, 11) is 0. The highest BCUT2D eigenvalue weighted by Crippen LogP contribution is 2.09. The molecule has 5 nitrogen and oxygen atoms in total. The van der Waals surface area contributed by atoms with Crippen LogP contribution < -0.4 is 5.73 Å². The standard InChI is InChI=1S/C5H5N5/c6-4-3-5(9-1-7-3)10-2-8-4/h1-2H,(H3,6,7,8,9,10)/i/hD. The first-order valence-electron chi connectivity index (χ1n) is 3.16. The number of aromatic nitrogens is 4. The van der Waals surface area contributed by atoms with Crippen molar-refractivity contribution in [2.24, 2.45) is 0 Å². The maximum absolute atomic E-state index is 7.25. The van der Waals surface area contributed by atoms with Gasteiger partial charge in [-0.05, 0) is 0 Å². The molecule has 5 heteroatoms. The zero-order chi connectivity index (χ0) is 7.84. The molecule has 0 spiro atoms. The van der Waals surface area contributed by atoms with E-state index in [0.29, 0.717) is 17.0 Å². The molecule has 0 fully saturated rings. The molecule has 2 rings (SSSR count). The quantitative estimate of drug-likeness (QED) is 0.531. The van der Waals surface area contributed by atoms with Crippen molar-refractivity contribution in [1.82, 2.24) is 19.9 Å². The summed E-state index contributed by atoms with van der Waals surface area (Å²) in [6.45, 7) is 0. The van der Waals surface area contributed by atoms with Crippen LogP contribution in [0.15, 0.2) is 12.7 Å².